The first-order chi connectivity index (χ1) is 12.5. The Bertz CT molecular complexity index is 729. The van der Waals surface area contributed by atoms with Crippen molar-refractivity contribution in [3.05, 3.63) is 60.2 Å². The average molecular weight is 357 g/mol. The predicted octanol–water partition coefficient (Wildman–Crippen LogP) is 3.00. The van der Waals surface area contributed by atoms with E-state index in [1.165, 1.54) is 0 Å². The number of fused-ring (bicyclic) bond motifs is 3. The highest BCUT2D eigenvalue weighted by Gasteiger charge is 2.58. The van der Waals surface area contributed by atoms with Gasteiger partial charge in [-0.3, -0.25) is 4.90 Å². The Labute approximate surface area is 153 Å². The molecule has 0 spiro atoms. The van der Waals surface area contributed by atoms with Gasteiger partial charge >= 0.3 is 6.09 Å². The van der Waals surface area contributed by atoms with E-state index in [-0.39, 0.29) is 24.9 Å². The van der Waals surface area contributed by atoms with Crippen LogP contribution in [0, 0.1) is 0 Å². The number of nitrogens with zero attached hydrogens (tertiary/aromatic N) is 1. The Kier molecular flexibility index (Phi) is 4.34. The van der Waals surface area contributed by atoms with E-state index in [9.17, 15) is 4.79 Å². The van der Waals surface area contributed by atoms with E-state index < -0.39 is 18.2 Å². The molecule has 3 aliphatic heterocycles. The molecule has 0 N–H and O–H groups in total. The van der Waals surface area contributed by atoms with Crippen molar-refractivity contribution < 1.29 is 23.7 Å². The Morgan fingerprint density at radius 3 is 2.85 bits per heavy atom. The van der Waals surface area contributed by atoms with Gasteiger partial charge < -0.3 is 18.9 Å². The maximum Gasteiger partial charge on any atom is 0.410 e. The molecule has 6 nitrogen and oxygen atoms in total. The van der Waals surface area contributed by atoms with Crippen molar-refractivity contribution in [2.24, 2.45) is 0 Å². The number of rotatable bonds is 3. The van der Waals surface area contributed by atoms with Crippen LogP contribution in [0.15, 0.2) is 54.6 Å². The number of hydrogen-bond acceptors (Lipinski definition) is 5. The summed E-state index contributed by atoms with van der Waals surface area (Å²) in [5, 5.41) is 0. The summed E-state index contributed by atoms with van der Waals surface area (Å²) in [5.41, 5.74) is 1.86. The van der Waals surface area contributed by atoms with Crippen LogP contribution < -0.4 is 0 Å². The molecule has 0 aliphatic carbocycles. The summed E-state index contributed by atoms with van der Waals surface area (Å²) in [4.78, 5) is 14.5. The molecule has 3 aliphatic rings. The Hall–Kier alpha value is -2.15. The number of ether oxygens (including phenoxy) is 4. The van der Waals surface area contributed by atoms with E-state index in [0.29, 0.717) is 6.54 Å². The van der Waals surface area contributed by atoms with Crippen LogP contribution in [0.1, 0.15) is 19.4 Å². The Morgan fingerprint density at radius 2 is 2.12 bits per heavy atom. The second-order valence-electron chi connectivity index (χ2n) is 7.17. The van der Waals surface area contributed by atoms with Crippen molar-refractivity contribution >= 4 is 6.09 Å². The van der Waals surface area contributed by atoms with Crippen LogP contribution in [0.25, 0.3) is 0 Å². The molecule has 0 saturated carbocycles. The molecule has 0 radical (unpaired) electrons. The number of carbonyl (C=O) groups excluding carboxylic acids is 1. The first kappa shape index (κ1) is 17.3. The van der Waals surface area contributed by atoms with Crippen LogP contribution in [0.2, 0.25) is 0 Å². The zero-order valence-corrected chi connectivity index (χ0v) is 15.0. The molecule has 2 fully saturated rings. The Balaban J connectivity index is 1.52. The molecule has 1 aromatic rings. The minimum absolute atomic E-state index is 0.221. The molecule has 1 amide bonds. The number of hydrogen-bond donors (Lipinski definition) is 0. The Morgan fingerprint density at radius 1 is 1.35 bits per heavy atom. The van der Waals surface area contributed by atoms with Crippen molar-refractivity contribution in [2.45, 2.75) is 50.8 Å². The van der Waals surface area contributed by atoms with E-state index in [1.54, 1.807) is 11.0 Å². The normalized spacial score (nSPS) is 31.8. The van der Waals surface area contributed by atoms with E-state index in [1.807, 2.05) is 50.3 Å². The predicted molar refractivity (Wildman–Crippen MR) is 94.1 cm³/mol. The van der Waals surface area contributed by atoms with Gasteiger partial charge in [0.05, 0.1) is 6.04 Å². The molecule has 4 rings (SSSR count). The summed E-state index contributed by atoms with van der Waals surface area (Å²) in [5.74, 6) is -0.734. The second-order valence-corrected chi connectivity index (χ2v) is 7.17. The van der Waals surface area contributed by atoms with Crippen LogP contribution in [0.4, 0.5) is 4.79 Å². The van der Waals surface area contributed by atoms with E-state index in [0.717, 1.165) is 11.1 Å². The second kappa shape index (κ2) is 6.54. The van der Waals surface area contributed by atoms with Gasteiger partial charge in [0, 0.05) is 6.54 Å². The van der Waals surface area contributed by atoms with Crippen LogP contribution in [-0.2, 0) is 25.6 Å². The maximum absolute atomic E-state index is 12.8. The fraction of sp³-hybridized carbons (Fsp3) is 0.450. The van der Waals surface area contributed by atoms with Gasteiger partial charge in [0.25, 0.3) is 0 Å². The highest BCUT2D eigenvalue weighted by molar-refractivity contribution is 5.69. The highest BCUT2D eigenvalue weighted by atomic mass is 16.8. The zero-order valence-electron chi connectivity index (χ0n) is 15.0. The monoisotopic (exact) mass is 357 g/mol. The quantitative estimate of drug-likeness (QED) is 0.832. The van der Waals surface area contributed by atoms with Gasteiger partial charge in [-0.1, -0.05) is 43.0 Å². The molecule has 2 saturated heterocycles. The summed E-state index contributed by atoms with van der Waals surface area (Å²) >= 11 is 0. The molecule has 6 heteroatoms. The van der Waals surface area contributed by atoms with Gasteiger partial charge in [0.15, 0.2) is 12.1 Å². The van der Waals surface area contributed by atoms with E-state index in [2.05, 4.69) is 6.58 Å². The lowest BCUT2D eigenvalue weighted by atomic mass is 9.98. The van der Waals surface area contributed by atoms with Gasteiger partial charge in [-0.2, -0.15) is 0 Å². The minimum atomic E-state index is -0.734. The van der Waals surface area contributed by atoms with Gasteiger partial charge in [-0.05, 0) is 31.1 Å². The van der Waals surface area contributed by atoms with E-state index >= 15 is 0 Å². The lowest BCUT2D eigenvalue weighted by Crippen LogP contribution is -2.53. The van der Waals surface area contributed by atoms with Gasteiger partial charge in [-0.15, -0.1) is 0 Å². The summed E-state index contributed by atoms with van der Waals surface area (Å²) in [7, 11) is 0. The summed E-state index contributed by atoms with van der Waals surface area (Å²) in [6.45, 7) is 8.13. The topological polar surface area (TPSA) is 57.2 Å². The van der Waals surface area contributed by atoms with Crippen molar-refractivity contribution in [1.29, 1.82) is 0 Å². The smallest absolute Gasteiger partial charge is 0.410 e. The van der Waals surface area contributed by atoms with Crippen molar-refractivity contribution in [2.75, 3.05) is 6.54 Å². The molecule has 0 aromatic heterocycles. The first-order valence-corrected chi connectivity index (χ1v) is 8.78. The molecule has 1 aromatic carbocycles. The third-order valence-corrected chi connectivity index (χ3v) is 4.85. The SMILES string of the molecule is C=CC1=C[C@H]2O[C@@H]3OC(C)(C)O[C@@H]3[C@@H]2N(C(=O)OCc2ccccc2)C1. The summed E-state index contributed by atoms with van der Waals surface area (Å²) < 4.78 is 23.3. The standard InChI is InChI=1S/C20H23NO5/c1-4-13-10-15-16(17-18(24-15)26-20(2,3)25-17)21(11-13)19(22)23-12-14-8-6-5-7-9-14/h4-10,15-18H,1,11-12H2,2-3H3/t15-,16-,17-,18-/m1/s1. The van der Waals surface area contributed by atoms with Crippen LogP contribution in [-0.4, -0.2) is 47.9 Å². The maximum atomic E-state index is 12.8. The number of carbonyl (C=O) groups is 1. The van der Waals surface area contributed by atoms with Crippen LogP contribution in [0.5, 0.6) is 0 Å². The first-order valence-electron chi connectivity index (χ1n) is 8.78. The molecule has 4 atom stereocenters. The van der Waals surface area contributed by atoms with Gasteiger partial charge in [-0.25, -0.2) is 4.79 Å². The fourth-order valence-corrected chi connectivity index (χ4v) is 3.70. The highest BCUT2D eigenvalue weighted by Crippen LogP contribution is 2.42. The minimum Gasteiger partial charge on any atom is -0.445 e. The van der Waals surface area contributed by atoms with Crippen LogP contribution >= 0.6 is 0 Å². The molecular formula is C20H23NO5. The summed E-state index contributed by atoms with van der Waals surface area (Å²) in [6.07, 6.45) is 2.18. The van der Waals surface area contributed by atoms with Gasteiger partial charge in [0.2, 0.25) is 0 Å². The largest absolute Gasteiger partial charge is 0.445 e. The molecule has 0 bridgehead atoms. The number of amides is 1. The lowest BCUT2D eigenvalue weighted by molar-refractivity contribution is -0.205. The molecular weight excluding hydrogens is 334 g/mol. The third kappa shape index (κ3) is 3.16. The number of benzene rings is 1. The molecule has 3 heterocycles. The average Bonchev–Trinajstić information content (AvgIpc) is 3.10. The van der Waals surface area contributed by atoms with Crippen molar-refractivity contribution in [3.8, 4) is 0 Å². The molecule has 26 heavy (non-hydrogen) atoms. The molecule has 0 unspecified atom stereocenters. The van der Waals surface area contributed by atoms with Gasteiger partial charge in [0.1, 0.15) is 18.8 Å². The van der Waals surface area contributed by atoms with Crippen molar-refractivity contribution in [1.82, 2.24) is 4.90 Å². The third-order valence-electron chi connectivity index (χ3n) is 4.85. The summed E-state index contributed by atoms with van der Waals surface area (Å²) in [6, 6.07) is 9.32. The zero-order chi connectivity index (χ0) is 18.3. The van der Waals surface area contributed by atoms with Crippen LogP contribution in [0.3, 0.4) is 0 Å². The fourth-order valence-electron chi connectivity index (χ4n) is 3.70. The lowest BCUT2D eigenvalue weighted by Gasteiger charge is -2.37. The molecule has 138 valence electrons. The van der Waals surface area contributed by atoms with Crippen molar-refractivity contribution in [3.63, 3.8) is 0 Å². The van der Waals surface area contributed by atoms with E-state index in [4.69, 9.17) is 18.9 Å².